The van der Waals surface area contributed by atoms with Crippen LogP contribution in [0.3, 0.4) is 0 Å². The van der Waals surface area contributed by atoms with E-state index in [0.717, 1.165) is 25.0 Å². The summed E-state index contributed by atoms with van der Waals surface area (Å²) in [4.78, 5) is 3.65. The van der Waals surface area contributed by atoms with Crippen LogP contribution in [0.5, 0.6) is 0 Å². The van der Waals surface area contributed by atoms with E-state index in [9.17, 15) is 0 Å². The van der Waals surface area contributed by atoms with Crippen molar-refractivity contribution in [2.45, 2.75) is 33.1 Å². The van der Waals surface area contributed by atoms with Gasteiger partial charge in [0.25, 0.3) is 0 Å². The minimum absolute atomic E-state index is 0.904. The highest BCUT2D eigenvalue weighted by molar-refractivity contribution is 5.84. The smallest absolute Gasteiger partial charge is 0.183 e. The topological polar surface area (TPSA) is 36.1 Å². The van der Waals surface area contributed by atoms with E-state index in [1.165, 1.54) is 0 Å². The molecule has 0 fully saturated rings. The lowest BCUT2D eigenvalue weighted by Gasteiger charge is -1.94. The Morgan fingerprint density at radius 2 is 2.22 bits per heavy atom. The van der Waals surface area contributed by atoms with E-state index in [0.29, 0.717) is 0 Å². The Hall–Kier alpha value is -0.840. The van der Waals surface area contributed by atoms with Crippen LogP contribution in [0.25, 0.3) is 0 Å². The van der Waals surface area contributed by atoms with Crippen molar-refractivity contribution in [3.05, 3.63) is 0 Å². The van der Waals surface area contributed by atoms with Gasteiger partial charge in [0.2, 0.25) is 6.19 Å². The molecule has 0 spiro atoms. The molecule has 0 saturated carbocycles. The van der Waals surface area contributed by atoms with Crippen molar-refractivity contribution in [2.24, 2.45) is 4.99 Å². The minimum atomic E-state index is 0.904. The van der Waals surface area contributed by atoms with Crippen LogP contribution in [0.4, 0.5) is 0 Å². The zero-order chi connectivity index (χ0) is 7.11. The summed E-state index contributed by atoms with van der Waals surface area (Å²) in [5.74, 6) is 0. The van der Waals surface area contributed by atoms with Gasteiger partial charge in [-0.2, -0.15) is 10.3 Å². The summed E-state index contributed by atoms with van der Waals surface area (Å²) in [5, 5.41) is 8.16. The standard InChI is InChI=1S/C7H12N2/c1-3-5-7(4-2)9-6-8/h3-5H2,1-2H3. The average molecular weight is 124 g/mol. The van der Waals surface area contributed by atoms with Crippen LogP contribution in [0, 0.1) is 11.5 Å². The third-order valence-corrected chi connectivity index (χ3v) is 1.15. The number of hydrogen-bond acceptors (Lipinski definition) is 2. The largest absolute Gasteiger partial charge is 0.205 e. The van der Waals surface area contributed by atoms with Crippen molar-refractivity contribution >= 4 is 5.71 Å². The molecule has 50 valence electrons. The van der Waals surface area contributed by atoms with Crippen molar-refractivity contribution in [1.29, 1.82) is 5.26 Å². The number of hydrogen-bond donors (Lipinski definition) is 0. The maximum atomic E-state index is 8.16. The minimum Gasteiger partial charge on any atom is -0.183 e. The molecule has 0 saturated heterocycles. The van der Waals surface area contributed by atoms with Gasteiger partial charge in [-0.05, 0) is 12.8 Å². The fourth-order valence-electron chi connectivity index (χ4n) is 0.671. The first kappa shape index (κ1) is 8.16. The summed E-state index contributed by atoms with van der Waals surface area (Å²) in [6, 6.07) is 0. The van der Waals surface area contributed by atoms with Gasteiger partial charge in [-0.25, -0.2) is 0 Å². The fourth-order valence-corrected chi connectivity index (χ4v) is 0.671. The Labute approximate surface area is 56.2 Å². The molecular weight excluding hydrogens is 112 g/mol. The van der Waals surface area contributed by atoms with Crippen molar-refractivity contribution in [3.63, 3.8) is 0 Å². The van der Waals surface area contributed by atoms with E-state index in [1.54, 1.807) is 6.19 Å². The molecule has 0 unspecified atom stereocenters. The van der Waals surface area contributed by atoms with Crippen LogP contribution in [0.15, 0.2) is 4.99 Å². The van der Waals surface area contributed by atoms with Crippen LogP contribution in [0.2, 0.25) is 0 Å². The summed E-state index contributed by atoms with van der Waals surface area (Å²) >= 11 is 0. The van der Waals surface area contributed by atoms with Crippen LogP contribution in [-0.2, 0) is 0 Å². The Balaban J connectivity index is 3.70. The zero-order valence-electron chi connectivity index (χ0n) is 6.02. The van der Waals surface area contributed by atoms with Gasteiger partial charge >= 0.3 is 0 Å². The maximum absolute atomic E-state index is 8.16. The predicted molar refractivity (Wildman–Crippen MR) is 38.2 cm³/mol. The molecule has 0 amide bonds. The van der Waals surface area contributed by atoms with Gasteiger partial charge in [-0.15, -0.1) is 0 Å². The van der Waals surface area contributed by atoms with Gasteiger partial charge in [0, 0.05) is 5.71 Å². The highest BCUT2D eigenvalue weighted by Gasteiger charge is 1.91. The van der Waals surface area contributed by atoms with Gasteiger partial charge in [0.05, 0.1) is 0 Å². The van der Waals surface area contributed by atoms with Crippen LogP contribution < -0.4 is 0 Å². The lowest BCUT2D eigenvalue weighted by atomic mass is 10.2. The number of nitrogens with zero attached hydrogens (tertiary/aromatic N) is 2. The van der Waals surface area contributed by atoms with Crippen molar-refractivity contribution < 1.29 is 0 Å². The molecule has 2 heteroatoms. The second-order valence-electron chi connectivity index (χ2n) is 1.88. The number of nitriles is 1. The molecular formula is C7H12N2. The molecule has 9 heavy (non-hydrogen) atoms. The van der Waals surface area contributed by atoms with Crippen molar-refractivity contribution in [2.75, 3.05) is 0 Å². The molecule has 2 nitrogen and oxygen atoms in total. The summed E-state index contributed by atoms with van der Waals surface area (Å²) < 4.78 is 0. The number of aliphatic imine (C=N–C) groups is 1. The molecule has 0 N–H and O–H groups in total. The van der Waals surface area contributed by atoms with E-state index >= 15 is 0 Å². The second-order valence-corrected chi connectivity index (χ2v) is 1.88. The van der Waals surface area contributed by atoms with Gasteiger partial charge in [-0.1, -0.05) is 20.3 Å². The van der Waals surface area contributed by atoms with E-state index in [4.69, 9.17) is 5.26 Å². The third-order valence-electron chi connectivity index (χ3n) is 1.15. The van der Waals surface area contributed by atoms with E-state index in [1.807, 2.05) is 6.92 Å². The summed E-state index contributed by atoms with van der Waals surface area (Å²) in [6.07, 6.45) is 4.74. The molecule has 0 aliphatic rings. The van der Waals surface area contributed by atoms with Crippen LogP contribution in [-0.4, -0.2) is 5.71 Å². The molecule has 0 aliphatic carbocycles. The first-order valence-electron chi connectivity index (χ1n) is 3.29. The van der Waals surface area contributed by atoms with Crippen LogP contribution >= 0.6 is 0 Å². The molecule has 0 aromatic carbocycles. The predicted octanol–water partition coefficient (Wildman–Crippen LogP) is 2.12. The quantitative estimate of drug-likeness (QED) is 0.419. The molecule has 0 aromatic heterocycles. The Bertz CT molecular complexity index is 130. The molecule has 0 aliphatic heterocycles. The SMILES string of the molecule is CCCC(CC)=NC#N. The second kappa shape index (κ2) is 5.30. The fraction of sp³-hybridized carbons (Fsp3) is 0.714. The molecule has 0 aromatic rings. The summed E-state index contributed by atoms with van der Waals surface area (Å²) in [6.45, 7) is 4.11. The first-order valence-corrected chi connectivity index (χ1v) is 3.29. The lowest BCUT2D eigenvalue weighted by Crippen LogP contribution is -1.93. The van der Waals surface area contributed by atoms with Gasteiger partial charge in [0.15, 0.2) is 0 Å². The van der Waals surface area contributed by atoms with E-state index in [-0.39, 0.29) is 0 Å². The van der Waals surface area contributed by atoms with E-state index < -0.39 is 0 Å². The third kappa shape index (κ3) is 3.72. The van der Waals surface area contributed by atoms with Gasteiger partial charge in [0.1, 0.15) is 0 Å². The summed E-state index contributed by atoms with van der Waals surface area (Å²) in [5.41, 5.74) is 1.01. The number of rotatable bonds is 3. The average Bonchev–Trinajstić information content (AvgIpc) is 1.88. The molecule has 0 atom stereocenters. The van der Waals surface area contributed by atoms with Gasteiger partial charge in [-0.3, -0.25) is 0 Å². The molecule has 0 bridgehead atoms. The van der Waals surface area contributed by atoms with E-state index in [2.05, 4.69) is 11.9 Å². The van der Waals surface area contributed by atoms with Crippen LogP contribution in [0.1, 0.15) is 33.1 Å². The molecule has 0 heterocycles. The molecule has 0 radical (unpaired) electrons. The maximum Gasteiger partial charge on any atom is 0.205 e. The lowest BCUT2D eigenvalue weighted by molar-refractivity contribution is 0.967. The highest BCUT2D eigenvalue weighted by atomic mass is 14.7. The normalized spacial score (nSPS) is 11.0. The molecule has 0 rings (SSSR count). The Kier molecular flexibility index (Phi) is 4.81. The highest BCUT2D eigenvalue weighted by Crippen LogP contribution is 1.95. The zero-order valence-corrected chi connectivity index (χ0v) is 6.02. The van der Waals surface area contributed by atoms with Crippen molar-refractivity contribution in [1.82, 2.24) is 0 Å². The summed E-state index contributed by atoms with van der Waals surface area (Å²) in [7, 11) is 0. The van der Waals surface area contributed by atoms with Crippen molar-refractivity contribution in [3.8, 4) is 6.19 Å². The monoisotopic (exact) mass is 124 g/mol. The first-order chi connectivity index (χ1) is 4.35. The van der Waals surface area contributed by atoms with Gasteiger partial charge < -0.3 is 0 Å². The Morgan fingerprint density at radius 1 is 1.56 bits per heavy atom. The Morgan fingerprint density at radius 3 is 2.56 bits per heavy atom.